The van der Waals surface area contributed by atoms with Crippen LogP contribution < -0.4 is 9.64 Å². The van der Waals surface area contributed by atoms with Gasteiger partial charge in [-0.1, -0.05) is 36.3 Å². The maximum atomic E-state index is 12.2. The van der Waals surface area contributed by atoms with Crippen molar-refractivity contribution in [2.24, 2.45) is 0 Å². The van der Waals surface area contributed by atoms with E-state index in [2.05, 4.69) is 36.6 Å². The fraction of sp³-hybridized carbons (Fsp3) is 0.308. The Bertz CT molecular complexity index is 1140. The second-order valence-corrected chi connectivity index (χ2v) is 7.74. The van der Waals surface area contributed by atoms with Crippen LogP contribution in [-0.4, -0.2) is 65.7 Å². The standard InChI is InChI=1S/C26H27N5O3/c1-33-25(32)24-23(34-20-21-8-3-2-4-9-21)12-11-22(29-24)10-5-6-15-30-16-18-31(19-17-30)26-27-13-7-14-28-26/h2-4,7-9,11-14H,6,15-20H2,1H3. The Morgan fingerprint density at radius 3 is 2.50 bits per heavy atom. The van der Waals surface area contributed by atoms with Gasteiger partial charge in [-0.05, 0) is 29.7 Å². The molecule has 3 heterocycles. The van der Waals surface area contributed by atoms with Gasteiger partial charge >= 0.3 is 5.97 Å². The summed E-state index contributed by atoms with van der Waals surface area (Å²) in [4.78, 5) is 29.8. The summed E-state index contributed by atoms with van der Waals surface area (Å²) in [5, 5.41) is 0. The third kappa shape index (κ3) is 6.30. The summed E-state index contributed by atoms with van der Waals surface area (Å²) in [6, 6.07) is 15.0. The number of hydrogen-bond acceptors (Lipinski definition) is 8. The van der Waals surface area contributed by atoms with E-state index in [1.807, 2.05) is 36.4 Å². The second kappa shape index (κ2) is 11.8. The van der Waals surface area contributed by atoms with Crippen LogP contribution in [0, 0.1) is 11.8 Å². The third-order valence-electron chi connectivity index (χ3n) is 5.45. The summed E-state index contributed by atoms with van der Waals surface area (Å²) < 4.78 is 10.7. The smallest absolute Gasteiger partial charge is 0.360 e. The maximum Gasteiger partial charge on any atom is 0.360 e. The minimum Gasteiger partial charge on any atom is -0.486 e. The number of pyridine rings is 1. The van der Waals surface area contributed by atoms with Crippen molar-refractivity contribution in [2.45, 2.75) is 13.0 Å². The van der Waals surface area contributed by atoms with E-state index >= 15 is 0 Å². The Morgan fingerprint density at radius 2 is 1.76 bits per heavy atom. The van der Waals surface area contributed by atoms with E-state index in [1.54, 1.807) is 24.5 Å². The Hall–Kier alpha value is -3.96. The number of carbonyl (C=O) groups excluding carboxylic acids is 1. The van der Waals surface area contributed by atoms with Crippen molar-refractivity contribution >= 4 is 11.9 Å². The van der Waals surface area contributed by atoms with Gasteiger partial charge < -0.3 is 14.4 Å². The SMILES string of the molecule is COC(=O)c1nc(C#CCCN2CCN(c3ncccn3)CC2)ccc1OCc1ccccc1. The number of benzene rings is 1. The van der Waals surface area contributed by atoms with E-state index in [4.69, 9.17) is 9.47 Å². The Labute approximate surface area is 199 Å². The number of anilines is 1. The van der Waals surface area contributed by atoms with Gasteiger partial charge in [0.2, 0.25) is 5.95 Å². The van der Waals surface area contributed by atoms with Gasteiger partial charge in [0.25, 0.3) is 0 Å². The molecule has 1 aliphatic rings. The minimum atomic E-state index is -0.549. The van der Waals surface area contributed by atoms with Gasteiger partial charge in [-0.15, -0.1) is 0 Å². The van der Waals surface area contributed by atoms with Crippen molar-refractivity contribution in [1.29, 1.82) is 0 Å². The largest absolute Gasteiger partial charge is 0.486 e. The van der Waals surface area contributed by atoms with Crippen LogP contribution in [0.25, 0.3) is 0 Å². The van der Waals surface area contributed by atoms with Crippen LogP contribution in [0.5, 0.6) is 5.75 Å². The van der Waals surface area contributed by atoms with Gasteiger partial charge in [0, 0.05) is 51.5 Å². The molecule has 8 nitrogen and oxygen atoms in total. The van der Waals surface area contributed by atoms with Crippen molar-refractivity contribution in [3.8, 4) is 17.6 Å². The molecule has 174 valence electrons. The molecule has 0 radical (unpaired) electrons. The number of aromatic nitrogens is 3. The molecule has 8 heteroatoms. The molecule has 0 atom stereocenters. The Kier molecular flexibility index (Phi) is 8.04. The lowest BCUT2D eigenvalue weighted by Crippen LogP contribution is -2.47. The average Bonchev–Trinajstić information content (AvgIpc) is 2.91. The lowest BCUT2D eigenvalue weighted by atomic mass is 10.2. The fourth-order valence-electron chi connectivity index (χ4n) is 3.60. The number of ether oxygens (including phenoxy) is 2. The molecular weight excluding hydrogens is 430 g/mol. The molecule has 0 N–H and O–H groups in total. The van der Waals surface area contributed by atoms with Gasteiger partial charge in [-0.25, -0.2) is 19.7 Å². The minimum absolute atomic E-state index is 0.129. The fourth-order valence-corrected chi connectivity index (χ4v) is 3.60. The number of piperazine rings is 1. The second-order valence-electron chi connectivity index (χ2n) is 7.74. The first kappa shape index (κ1) is 23.2. The molecule has 0 aliphatic carbocycles. The first-order valence-electron chi connectivity index (χ1n) is 11.2. The molecule has 0 bridgehead atoms. The van der Waals surface area contributed by atoms with Gasteiger partial charge in [0.1, 0.15) is 12.3 Å². The predicted molar refractivity (Wildman–Crippen MR) is 129 cm³/mol. The number of carbonyl (C=O) groups is 1. The summed E-state index contributed by atoms with van der Waals surface area (Å²) in [5.41, 5.74) is 1.64. The van der Waals surface area contributed by atoms with Crippen LogP contribution in [0.2, 0.25) is 0 Å². The van der Waals surface area contributed by atoms with Gasteiger partial charge in [0.05, 0.1) is 7.11 Å². The van der Waals surface area contributed by atoms with Crippen LogP contribution in [0.15, 0.2) is 60.9 Å². The first-order chi connectivity index (χ1) is 16.7. The highest BCUT2D eigenvalue weighted by Gasteiger charge is 2.18. The molecular formula is C26H27N5O3. The van der Waals surface area contributed by atoms with Crippen LogP contribution >= 0.6 is 0 Å². The summed E-state index contributed by atoms with van der Waals surface area (Å²) >= 11 is 0. The zero-order valence-corrected chi connectivity index (χ0v) is 19.2. The van der Waals surface area contributed by atoms with Crippen molar-refractivity contribution in [3.05, 3.63) is 77.9 Å². The van der Waals surface area contributed by atoms with Crippen molar-refractivity contribution in [2.75, 3.05) is 44.7 Å². The zero-order chi connectivity index (χ0) is 23.6. The van der Waals surface area contributed by atoms with Gasteiger partial charge in [-0.2, -0.15) is 0 Å². The van der Waals surface area contributed by atoms with Crippen molar-refractivity contribution in [3.63, 3.8) is 0 Å². The highest BCUT2D eigenvalue weighted by Crippen LogP contribution is 2.19. The van der Waals surface area contributed by atoms with E-state index in [0.717, 1.165) is 44.2 Å². The highest BCUT2D eigenvalue weighted by molar-refractivity contribution is 5.90. The van der Waals surface area contributed by atoms with Crippen LogP contribution in [0.1, 0.15) is 28.2 Å². The number of hydrogen-bond donors (Lipinski definition) is 0. The molecule has 0 spiro atoms. The lowest BCUT2D eigenvalue weighted by molar-refractivity contribution is 0.0588. The predicted octanol–water partition coefficient (Wildman–Crippen LogP) is 2.80. The van der Waals surface area contributed by atoms with Gasteiger partial charge in [0.15, 0.2) is 11.4 Å². The van der Waals surface area contributed by atoms with Crippen LogP contribution in [-0.2, 0) is 11.3 Å². The zero-order valence-electron chi connectivity index (χ0n) is 19.2. The molecule has 0 saturated carbocycles. The summed E-state index contributed by atoms with van der Waals surface area (Å²) in [7, 11) is 1.33. The van der Waals surface area contributed by atoms with Gasteiger partial charge in [-0.3, -0.25) is 4.90 Å². The summed E-state index contributed by atoms with van der Waals surface area (Å²) in [6.45, 7) is 4.88. The number of methoxy groups -OCH3 is 1. The van der Waals surface area contributed by atoms with E-state index < -0.39 is 5.97 Å². The number of rotatable bonds is 7. The molecule has 1 aromatic carbocycles. The summed E-state index contributed by atoms with van der Waals surface area (Å²) in [6.07, 6.45) is 4.25. The molecule has 1 aliphatic heterocycles. The maximum absolute atomic E-state index is 12.2. The van der Waals surface area contributed by atoms with Crippen LogP contribution in [0.4, 0.5) is 5.95 Å². The molecule has 4 rings (SSSR count). The summed E-state index contributed by atoms with van der Waals surface area (Å²) in [5.74, 6) is 6.84. The van der Waals surface area contributed by atoms with Crippen molar-refractivity contribution in [1.82, 2.24) is 19.9 Å². The topological polar surface area (TPSA) is 80.7 Å². The molecule has 1 saturated heterocycles. The molecule has 34 heavy (non-hydrogen) atoms. The molecule has 0 unspecified atom stereocenters. The van der Waals surface area contributed by atoms with Crippen LogP contribution in [0.3, 0.4) is 0 Å². The van der Waals surface area contributed by atoms with E-state index in [0.29, 0.717) is 24.5 Å². The normalized spacial score (nSPS) is 13.6. The first-order valence-corrected chi connectivity index (χ1v) is 11.2. The quantitative estimate of drug-likeness (QED) is 0.396. The average molecular weight is 458 g/mol. The molecule has 2 aromatic heterocycles. The molecule has 1 fully saturated rings. The van der Waals surface area contributed by atoms with E-state index in [-0.39, 0.29) is 5.69 Å². The van der Waals surface area contributed by atoms with E-state index in [1.165, 1.54) is 7.11 Å². The molecule has 3 aromatic rings. The number of nitrogens with zero attached hydrogens (tertiary/aromatic N) is 5. The Morgan fingerprint density at radius 1 is 1.00 bits per heavy atom. The Balaban J connectivity index is 1.30. The van der Waals surface area contributed by atoms with Crippen molar-refractivity contribution < 1.29 is 14.3 Å². The third-order valence-corrected chi connectivity index (χ3v) is 5.45. The molecule has 0 amide bonds. The van der Waals surface area contributed by atoms with E-state index in [9.17, 15) is 4.79 Å². The monoisotopic (exact) mass is 457 g/mol. The highest BCUT2D eigenvalue weighted by atomic mass is 16.5. The number of esters is 1. The lowest BCUT2D eigenvalue weighted by Gasteiger charge is -2.34.